The Morgan fingerprint density at radius 2 is 2.07 bits per heavy atom. The van der Waals surface area contributed by atoms with E-state index in [2.05, 4.69) is 55.5 Å². The number of fused-ring (bicyclic) bond motifs is 1. The van der Waals surface area contributed by atoms with E-state index in [9.17, 15) is 0 Å². The van der Waals surface area contributed by atoms with Crippen molar-refractivity contribution in [2.24, 2.45) is 5.92 Å². The molecule has 0 aliphatic heterocycles. The van der Waals surface area contributed by atoms with Crippen molar-refractivity contribution in [2.45, 2.75) is 25.2 Å². The average Bonchev–Trinajstić information content (AvgIpc) is 3.04. The molecule has 1 aromatic carbocycles. The van der Waals surface area contributed by atoms with Crippen LogP contribution in [0.15, 0.2) is 54.1 Å². The molecule has 2 aliphatic carbocycles. The van der Waals surface area contributed by atoms with Crippen molar-refractivity contribution >= 4 is 0 Å². The summed E-state index contributed by atoms with van der Waals surface area (Å²) in [5.41, 5.74) is 3.35. The predicted molar refractivity (Wildman–Crippen MR) is 63.7 cm³/mol. The summed E-state index contributed by atoms with van der Waals surface area (Å²) in [6.45, 7) is 2.23. The van der Waals surface area contributed by atoms with E-state index in [0.29, 0.717) is 5.41 Å². The monoisotopic (exact) mass is 196 g/mol. The number of hydrogen-bond donors (Lipinski definition) is 0. The van der Waals surface area contributed by atoms with Crippen molar-refractivity contribution in [1.29, 1.82) is 0 Å². The highest BCUT2D eigenvalue weighted by Gasteiger charge is 2.52. The van der Waals surface area contributed by atoms with Gasteiger partial charge in [-0.05, 0) is 24.3 Å². The highest BCUT2D eigenvalue weighted by atomic mass is 14.6. The van der Waals surface area contributed by atoms with E-state index < -0.39 is 0 Å². The van der Waals surface area contributed by atoms with Crippen LogP contribution in [-0.2, 0) is 5.41 Å². The lowest BCUT2D eigenvalue weighted by molar-refractivity contribution is 0.804. The number of hydrogen-bond acceptors (Lipinski definition) is 0. The van der Waals surface area contributed by atoms with Crippen molar-refractivity contribution in [3.8, 4) is 0 Å². The molecule has 0 N–H and O–H groups in total. The van der Waals surface area contributed by atoms with Gasteiger partial charge in [-0.3, -0.25) is 0 Å². The predicted octanol–water partition coefficient (Wildman–Crippen LogP) is 3.85. The largest absolute Gasteiger partial charge is 0.0770 e. The lowest BCUT2D eigenvalue weighted by atomic mass is 9.88. The third-order valence-corrected chi connectivity index (χ3v) is 3.79. The minimum Gasteiger partial charge on any atom is -0.0770 e. The zero-order valence-electron chi connectivity index (χ0n) is 9.11. The summed E-state index contributed by atoms with van der Waals surface area (Å²) < 4.78 is 0. The molecular formula is C15H16. The summed E-state index contributed by atoms with van der Waals surface area (Å²) in [5.74, 6) is 0.764. The summed E-state index contributed by atoms with van der Waals surface area (Å²) in [4.78, 5) is 0. The molecule has 76 valence electrons. The summed E-state index contributed by atoms with van der Waals surface area (Å²) in [6.07, 6.45) is 9.67. The molecule has 1 aromatic rings. The van der Waals surface area contributed by atoms with E-state index in [0.717, 1.165) is 12.3 Å². The van der Waals surface area contributed by atoms with Gasteiger partial charge in [-0.1, -0.05) is 61.1 Å². The Balaban J connectivity index is 1.94. The van der Waals surface area contributed by atoms with Gasteiger partial charge in [0.25, 0.3) is 0 Å². The third-order valence-electron chi connectivity index (χ3n) is 3.79. The molecule has 2 aliphatic rings. The van der Waals surface area contributed by atoms with Gasteiger partial charge in [-0.15, -0.1) is 0 Å². The first-order valence-electron chi connectivity index (χ1n) is 5.80. The van der Waals surface area contributed by atoms with Crippen molar-refractivity contribution in [2.75, 3.05) is 0 Å². The second-order valence-corrected chi connectivity index (χ2v) is 4.65. The molecule has 0 heteroatoms. The highest BCUT2D eigenvalue weighted by Crippen LogP contribution is 2.58. The Hall–Kier alpha value is -1.30. The maximum Gasteiger partial charge on any atom is 0.0204 e. The molecule has 0 saturated heterocycles. The number of allylic oxidation sites excluding steroid dienone is 4. The molecule has 2 atom stereocenters. The molecule has 0 aromatic heterocycles. The smallest absolute Gasteiger partial charge is 0.0204 e. The van der Waals surface area contributed by atoms with Gasteiger partial charge in [-0.25, -0.2) is 0 Å². The van der Waals surface area contributed by atoms with Gasteiger partial charge in [-0.2, -0.15) is 0 Å². The molecule has 0 bridgehead atoms. The molecule has 0 spiro atoms. The lowest BCUT2D eigenvalue weighted by Crippen LogP contribution is -2.08. The van der Waals surface area contributed by atoms with Crippen LogP contribution in [0.5, 0.6) is 0 Å². The van der Waals surface area contributed by atoms with E-state index in [4.69, 9.17) is 0 Å². The van der Waals surface area contributed by atoms with Crippen molar-refractivity contribution in [3.05, 3.63) is 59.7 Å². The normalized spacial score (nSPS) is 32.1. The molecule has 0 heterocycles. The summed E-state index contributed by atoms with van der Waals surface area (Å²) in [6, 6.07) is 10.9. The lowest BCUT2D eigenvalue weighted by Gasteiger charge is -2.16. The molecule has 3 rings (SSSR count). The summed E-state index contributed by atoms with van der Waals surface area (Å²) in [7, 11) is 0. The van der Waals surface area contributed by atoms with E-state index in [1.165, 1.54) is 17.6 Å². The van der Waals surface area contributed by atoms with Gasteiger partial charge in [0.1, 0.15) is 0 Å². The molecule has 15 heavy (non-hydrogen) atoms. The van der Waals surface area contributed by atoms with Crippen LogP contribution < -0.4 is 0 Å². The first-order chi connectivity index (χ1) is 7.35. The second-order valence-electron chi connectivity index (χ2n) is 4.65. The Morgan fingerprint density at radius 1 is 1.27 bits per heavy atom. The standard InChI is InChI=1S/C15H16/c1-2-12-8-9-15(11-14(15)10-12)13-6-4-3-5-7-13/h3-10,14H,2,11H2,1H3. The molecule has 0 nitrogen and oxygen atoms in total. The maximum atomic E-state index is 2.47. The third kappa shape index (κ3) is 1.28. The van der Waals surface area contributed by atoms with E-state index in [-0.39, 0.29) is 0 Å². The van der Waals surface area contributed by atoms with Crippen LogP contribution >= 0.6 is 0 Å². The minimum atomic E-state index is 0.361. The first-order valence-corrected chi connectivity index (χ1v) is 5.80. The Bertz CT molecular complexity index is 425. The Kier molecular flexibility index (Phi) is 1.85. The van der Waals surface area contributed by atoms with Crippen LogP contribution in [0.25, 0.3) is 0 Å². The van der Waals surface area contributed by atoms with Gasteiger partial charge in [0, 0.05) is 5.41 Å². The van der Waals surface area contributed by atoms with Crippen LogP contribution in [0.1, 0.15) is 25.3 Å². The van der Waals surface area contributed by atoms with Crippen molar-refractivity contribution < 1.29 is 0 Å². The average molecular weight is 196 g/mol. The first kappa shape index (κ1) is 8.96. The van der Waals surface area contributed by atoms with Gasteiger partial charge in [0.15, 0.2) is 0 Å². The quantitative estimate of drug-likeness (QED) is 0.674. The van der Waals surface area contributed by atoms with Crippen molar-refractivity contribution in [3.63, 3.8) is 0 Å². The van der Waals surface area contributed by atoms with Crippen LogP contribution in [0, 0.1) is 5.92 Å². The fourth-order valence-electron chi connectivity index (χ4n) is 2.69. The summed E-state index contributed by atoms with van der Waals surface area (Å²) in [5, 5.41) is 0. The van der Waals surface area contributed by atoms with Crippen LogP contribution in [0.4, 0.5) is 0 Å². The minimum absolute atomic E-state index is 0.361. The molecule has 1 saturated carbocycles. The molecule has 2 unspecified atom stereocenters. The molecule has 0 amide bonds. The molecule has 0 radical (unpaired) electrons. The highest BCUT2D eigenvalue weighted by molar-refractivity contribution is 5.48. The maximum absolute atomic E-state index is 2.47. The van der Waals surface area contributed by atoms with Gasteiger partial charge in [0.05, 0.1) is 0 Å². The molecular weight excluding hydrogens is 180 g/mol. The Labute approximate surface area is 91.3 Å². The second kappa shape index (κ2) is 3.10. The number of rotatable bonds is 2. The van der Waals surface area contributed by atoms with Crippen molar-refractivity contribution in [1.82, 2.24) is 0 Å². The molecule has 1 fully saturated rings. The van der Waals surface area contributed by atoms with Gasteiger partial charge < -0.3 is 0 Å². The van der Waals surface area contributed by atoms with E-state index in [1.54, 1.807) is 0 Å². The zero-order chi connectivity index (χ0) is 10.3. The van der Waals surface area contributed by atoms with Crippen LogP contribution in [0.2, 0.25) is 0 Å². The topological polar surface area (TPSA) is 0 Å². The van der Waals surface area contributed by atoms with Gasteiger partial charge >= 0.3 is 0 Å². The Morgan fingerprint density at radius 3 is 2.73 bits per heavy atom. The van der Waals surface area contributed by atoms with Crippen LogP contribution in [0.3, 0.4) is 0 Å². The zero-order valence-corrected chi connectivity index (χ0v) is 9.11. The fourth-order valence-corrected chi connectivity index (χ4v) is 2.69. The number of benzene rings is 1. The van der Waals surface area contributed by atoms with E-state index >= 15 is 0 Å². The SMILES string of the molecule is CCC1=CC2CC2(c2ccccc2)C=C1. The summed E-state index contributed by atoms with van der Waals surface area (Å²) >= 11 is 0. The van der Waals surface area contributed by atoms with Gasteiger partial charge in [0.2, 0.25) is 0 Å². The van der Waals surface area contributed by atoms with E-state index in [1.807, 2.05) is 0 Å². The van der Waals surface area contributed by atoms with Crippen LogP contribution in [-0.4, -0.2) is 0 Å². The fraction of sp³-hybridized carbons (Fsp3) is 0.333.